The van der Waals surface area contributed by atoms with Crippen LogP contribution < -0.4 is 5.32 Å². The lowest BCUT2D eigenvalue weighted by Gasteiger charge is -2.26. The van der Waals surface area contributed by atoms with E-state index in [9.17, 15) is 4.79 Å². The van der Waals surface area contributed by atoms with E-state index >= 15 is 0 Å². The standard InChI is InChI=1S/C8H13NO3/c10-8(11)5-3-6-7(4-5)12-2-1-9-6/h5-7,9H,1-4H2,(H,10,11)/t5-,6+,7-/m1/s1. The Kier molecular flexibility index (Phi) is 2.02. The van der Waals surface area contributed by atoms with Crippen molar-refractivity contribution in [2.45, 2.75) is 25.0 Å². The van der Waals surface area contributed by atoms with E-state index in [4.69, 9.17) is 9.84 Å². The van der Waals surface area contributed by atoms with E-state index < -0.39 is 5.97 Å². The normalized spacial score (nSPS) is 40.8. The molecule has 3 atom stereocenters. The van der Waals surface area contributed by atoms with Gasteiger partial charge >= 0.3 is 5.97 Å². The molecule has 12 heavy (non-hydrogen) atoms. The van der Waals surface area contributed by atoms with E-state index in [1.807, 2.05) is 0 Å². The number of fused-ring (bicyclic) bond motifs is 1. The van der Waals surface area contributed by atoms with Gasteiger partial charge in [-0.3, -0.25) is 4.79 Å². The van der Waals surface area contributed by atoms with Crippen molar-refractivity contribution in [1.82, 2.24) is 5.32 Å². The second-order valence-electron chi connectivity index (χ2n) is 3.48. The minimum absolute atomic E-state index is 0.139. The smallest absolute Gasteiger partial charge is 0.306 e. The second-order valence-corrected chi connectivity index (χ2v) is 3.48. The molecule has 2 fully saturated rings. The van der Waals surface area contributed by atoms with Crippen LogP contribution in [0.3, 0.4) is 0 Å². The highest BCUT2D eigenvalue weighted by molar-refractivity contribution is 5.70. The predicted octanol–water partition coefficient (Wildman–Crippen LogP) is -0.162. The van der Waals surface area contributed by atoms with Gasteiger partial charge in [-0.25, -0.2) is 0 Å². The van der Waals surface area contributed by atoms with E-state index in [-0.39, 0.29) is 18.1 Å². The van der Waals surface area contributed by atoms with Crippen molar-refractivity contribution in [1.29, 1.82) is 0 Å². The maximum atomic E-state index is 10.7. The Morgan fingerprint density at radius 2 is 2.33 bits per heavy atom. The van der Waals surface area contributed by atoms with E-state index in [0.717, 1.165) is 13.0 Å². The van der Waals surface area contributed by atoms with E-state index in [1.165, 1.54) is 0 Å². The van der Waals surface area contributed by atoms with Crippen molar-refractivity contribution in [3.63, 3.8) is 0 Å². The molecule has 2 rings (SSSR count). The lowest BCUT2D eigenvalue weighted by molar-refractivity contribution is -0.141. The SMILES string of the molecule is O=C(O)[C@@H]1C[C@@H]2NCCO[C@@H]2C1. The molecule has 0 aromatic rings. The van der Waals surface area contributed by atoms with E-state index in [1.54, 1.807) is 0 Å². The fourth-order valence-corrected chi connectivity index (χ4v) is 2.05. The summed E-state index contributed by atoms with van der Waals surface area (Å²) in [7, 11) is 0. The molecule has 1 heterocycles. The van der Waals surface area contributed by atoms with Gasteiger partial charge in [0.2, 0.25) is 0 Å². The fourth-order valence-electron chi connectivity index (χ4n) is 2.05. The largest absolute Gasteiger partial charge is 0.481 e. The van der Waals surface area contributed by atoms with Gasteiger partial charge in [0.05, 0.1) is 18.6 Å². The molecule has 0 aromatic carbocycles. The highest BCUT2D eigenvalue weighted by atomic mass is 16.5. The molecule has 4 nitrogen and oxygen atoms in total. The second kappa shape index (κ2) is 3.03. The van der Waals surface area contributed by atoms with Gasteiger partial charge in [0.15, 0.2) is 0 Å². The molecule has 4 heteroatoms. The molecule has 2 aliphatic rings. The molecular weight excluding hydrogens is 158 g/mol. The number of rotatable bonds is 1. The Labute approximate surface area is 70.9 Å². The Balaban J connectivity index is 1.98. The topological polar surface area (TPSA) is 58.6 Å². The van der Waals surface area contributed by atoms with Crippen molar-refractivity contribution < 1.29 is 14.6 Å². The highest BCUT2D eigenvalue weighted by Gasteiger charge is 2.39. The molecule has 1 saturated carbocycles. The van der Waals surface area contributed by atoms with Crippen molar-refractivity contribution >= 4 is 5.97 Å². The summed E-state index contributed by atoms with van der Waals surface area (Å²) >= 11 is 0. The number of carbonyl (C=O) groups is 1. The summed E-state index contributed by atoms with van der Waals surface area (Å²) in [4.78, 5) is 10.7. The fraction of sp³-hybridized carbons (Fsp3) is 0.875. The third-order valence-corrected chi connectivity index (χ3v) is 2.69. The summed E-state index contributed by atoms with van der Waals surface area (Å²) in [6.45, 7) is 1.57. The van der Waals surface area contributed by atoms with Crippen molar-refractivity contribution in [3.05, 3.63) is 0 Å². The van der Waals surface area contributed by atoms with Crippen LogP contribution in [0.5, 0.6) is 0 Å². The quantitative estimate of drug-likeness (QED) is 0.575. The molecule has 2 N–H and O–H groups in total. The Bertz CT molecular complexity index is 181. The maximum absolute atomic E-state index is 10.7. The predicted molar refractivity (Wildman–Crippen MR) is 41.9 cm³/mol. The van der Waals surface area contributed by atoms with Crippen LogP contribution >= 0.6 is 0 Å². The number of aliphatic carboxylic acids is 1. The maximum Gasteiger partial charge on any atom is 0.306 e. The number of nitrogens with one attached hydrogen (secondary N) is 1. The summed E-state index contributed by atoms with van der Waals surface area (Å²) in [5.74, 6) is -0.889. The first-order chi connectivity index (χ1) is 5.77. The Hall–Kier alpha value is -0.610. The zero-order valence-corrected chi connectivity index (χ0v) is 6.82. The minimum atomic E-state index is -0.685. The van der Waals surface area contributed by atoms with Gasteiger partial charge < -0.3 is 15.2 Å². The van der Waals surface area contributed by atoms with Crippen LogP contribution in [-0.4, -0.2) is 36.4 Å². The van der Waals surface area contributed by atoms with Gasteiger partial charge in [-0.05, 0) is 12.8 Å². The summed E-state index contributed by atoms with van der Waals surface area (Å²) < 4.78 is 5.46. The van der Waals surface area contributed by atoms with Gasteiger partial charge in [-0.15, -0.1) is 0 Å². The third kappa shape index (κ3) is 1.32. The molecular formula is C8H13NO3. The molecule has 0 amide bonds. The summed E-state index contributed by atoms with van der Waals surface area (Å²) in [6.07, 6.45) is 1.53. The Morgan fingerprint density at radius 1 is 1.50 bits per heavy atom. The third-order valence-electron chi connectivity index (χ3n) is 2.69. The molecule has 1 aliphatic carbocycles. The molecule has 1 saturated heterocycles. The molecule has 68 valence electrons. The summed E-state index contributed by atoms with van der Waals surface area (Å²) in [5.41, 5.74) is 0. The molecule has 0 radical (unpaired) electrons. The van der Waals surface area contributed by atoms with Gasteiger partial charge in [0.25, 0.3) is 0 Å². The van der Waals surface area contributed by atoms with Crippen LogP contribution in [-0.2, 0) is 9.53 Å². The lowest BCUT2D eigenvalue weighted by Crippen LogP contribution is -2.44. The average Bonchev–Trinajstić information content (AvgIpc) is 2.46. The zero-order valence-electron chi connectivity index (χ0n) is 6.82. The van der Waals surface area contributed by atoms with Crippen LogP contribution in [0.4, 0.5) is 0 Å². The van der Waals surface area contributed by atoms with Gasteiger partial charge in [0.1, 0.15) is 0 Å². The number of carboxylic acids is 1. The molecule has 0 bridgehead atoms. The zero-order chi connectivity index (χ0) is 8.55. The monoisotopic (exact) mass is 171 g/mol. The van der Waals surface area contributed by atoms with Crippen LogP contribution in [0.1, 0.15) is 12.8 Å². The summed E-state index contributed by atoms with van der Waals surface area (Å²) in [5, 5.41) is 12.1. The average molecular weight is 171 g/mol. The minimum Gasteiger partial charge on any atom is -0.481 e. The van der Waals surface area contributed by atoms with Crippen LogP contribution in [0.15, 0.2) is 0 Å². The van der Waals surface area contributed by atoms with Crippen molar-refractivity contribution in [2.24, 2.45) is 5.92 Å². The molecule has 0 spiro atoms. The van der Waals surface area contributed by atoms with E-state index in [2.05, 4.69) is 5.32 Å². The summed E-state index contributed by atoms with van der Waals surface area (Å²) in [6, 6.07) is 0.278. The lowest BCUT2D eigenvalue weighted by atomic mass is 10.1. The molecule has 0 aromatic heterocycles. The first-order valence-corrected chi connectivity index (χ1v) is 4.35. The van der Waals surface area contributed by atoms with Crippen LogP contribution in [0.2, 0.25) is 0 Å². The first-order valence-electron chi connectivity index (χ1n) is 4.35. The van der Waals surface area contributed by atoms with Crippen molar-refractivity contribution in [3.8, 4) is 0 Å². The molecule has 0 unspecified atom stereocenters. The Morgan fingerprint density at radius 3 is 3.00 bits per heavy atom. The number of ether oxygens (including phenoxy) is 1. The number of carboxylic acid groups (broad SMARTS) is 1. The number of hydrogen-bond acceptors (Lipinski definition) is 3. The van der Waals surface area contributed by atoms with Gasteiger partial charge in [0, 0.05) is 12.6 Å². The number of hydrogen-bond donors (Lipinski definition) is 2. The van der Waals surface area contributed by atoms with Crippen LogP contribution in [0.25, 0.3) is 0 Å². The van der Waals surface area contributed by atoms with Gasteiger partial charge in [-0.2, -0.15) is 0 Å². The van der Waals surface area contributed by atoms with Gasteiger partial charge in [-0.1, -0.05) is 0 Å². The first kappa shape index (κ1) is 8.01. The number of morpholine rings is 1. The highest BCUT2D eigenvalue weighted by Crippen LogP contribution is 2.29. The van der Waals surface area contributed by atoms with Crippen LogP contribution in [0, 0.1) is 5.92 Å². The van der Waals surface area contributed by atoms with Crippen molar-refractivity contribution in [2.75, 3.05) is 13.2 Å². The van der Waals surface area contributed by atoms with E-state index in [0.29, 0.717) is 13.0 Å². The molecule has 1 aliphatic heterocycles.